The van der Waals surface area contributed by atoms with Crippen LogP contribution in [0.2, 0.25) is 0 Å². The van der Waals surface area contributed by atoms with Gasteiger partial charge in [0.05, 0.1) is 10.5 Å². The number of hydrogen-bond donors (Lipinski definition) is 1. The minimum Gasteiger partial charge on any atom is -0.322 e. The van der Waals surface area contributed by atoms with Gasteiger partial charge in [-0.25, -0.2) is 17.7 Å². The molecule has 2 rings (SSSR count). The molecule has 0 unspecified atom stereocenters. The molecule has 1 aromatic carbocycles. The summed E-state index contributed by atoms with van der Waals surface area (Å²) in [5.41, 5.74) is 0.207. The second kappa shape index (κ2) is 7.89. The number of halogens is 2. The number of thioether (sulfide) groups is 1. The lowest BCUT2D eigenvalue weighted by Gasteiger charge is -2.13. The summed E-state index contributed by atoms with van der Waals surface area (Å²) in [4.78, 5) is 16.1. The summed E-state index contributed by atoms with van der Waals surface area (Å²) in [5.74, 6) is -3.37. The number of anilines is 1. The van der Waals surface area contributed by atoms with E-state index in [2.05, 4.69) is 10.3 Å². The van der Waals surface area contributed by atoms with Crippen molar-refractivity contribution < 1.29 is 22.0 Å². The number of hydrogen-bond acceptors (Lipinski definition) is 5. The van der Waals surface area contributed by atoms with Crippen LogP contribution < -0.4 is 5.32 Å². The Hall–Kier alpha value is -2.04. The first-order chi connectivity index (χ1) is 11.7. The van der Waals surface area contributed by atoms with E-state index in [0.29, 0.717) is 0 Å². The van der Waals surface area contributed by atoms with Gasteiger partial charge in [-0.3, -0.25) is 4.79 Å². The largest absolute Gasteiger partial charge is 0.322 e. The van der Waals surface area contributed by atoms with Crippen LogP contribution in [0.15, 0.2) is 52.5 Å². The average Bonchev–Trinajstić information content (AvgIpc) is 2.54. The lowest BCUT2D eigenvalue weighted by atomic mass is 10.2. The summed E-state index contributed by atoms with van der Waals surface area (Å²) in [6, 6.07) is 8.49. The standard InChI is InChI=1S/C15H15F2N3O3S2/c1-20(2)25(22,23)11-6-3-5-10(9-11)19-13(21)12-7-4-8-18-14(12)24-15(16)17/h3-9,15H,1-2H3,(H,19,21). The number of sulfonamides is 1. The molecule has 1 heterocycles. The van der Waals surface area contributed by atoms with E-state index in [1.165, 1.54) is 56.7 Å². The SMILES string of the molecule is CN(C)S(=O)(=O)c1cccc(NC(=O)c2cccnc2SC(F)F)c1. The molecule has 1 aromatic heterocycles. The Kier molecular flexibility index (Phi) is 6.09. The highest BCUT2D eigenvalue weighted by molar-refractivity contribution is 7.99. The van der Waals surface area contributed by atoms with Crippen LogP contribution in [-0.4, -0.2) is 43.5 Å². The molecule has 0 bridgehead atoms. The molecule has 1 N–H and O–H groups in total. The van der Waals surface area contributed by atoms with Crippen LogP contribution in [0.4, 0.5) is 14.5 Å². The molecule has 0 fully saturated rings. The first kappa shape index (κ1) is 19.3. The monoisotopic (exact) mass is 387 g/mol. The number of benzene rings is 1. The highest BCUT2D eigenvalue weighted by Gasteiger charge is 2.19. The van der Waals surface area contributed by atoms with Gasteiger partial charge in [-0.15, -0.1) is 0 Å². The highest BCUT2D eigenvalue weighted by atomic mass is 32.2. The average molecular weight is 387 g/mol. The zero-order valence-corrected chi connectivity index (χ0v) is 14.9. The Morgan fingerprint density at radius 1 is 1.24 bits per heavy atom. The topological polar surface area (TPSA) is 79.4 Å². The number of alkyl halides is 2. The normalized spacial score (nSPS) is 11.8. The maximum atomic E-state index is 12.6. The fourth-order valence-electron chi connectivity index (χ4n) is 1.89. The molecule has 6 nitrogen and oxygen atoms in total. The van der Waals surface area contributed by atoms with E-state index in [0.717, 1.165) is 4.31 Å². The Bertz CT molecular complexity index is 874. The van der Waals surface area contributed by atoms with Gasteiger partial charge in [0, 0.05) is 26.0 Å². The quantitative estimate of drug-likeness (QED) is 0.771. The van der Waals surface area contributed by atoms with Crippen LogP contribution in [0, 0.1) is 0 Å². The van der Waals surface area contributed by atoms with Crippen LogP contribution in [0.3, 0.4) is 0 Å². The number of pyridine rings is 1. The van der Waals surface area contributed by atoms with Crippen LogP contribution >= 0.6 is 11.8 Å². The molecule has 0 saturated carbocycles. The first-order valence-electron chi connectivity index (χ1n) is 6.95. The smallest absolute Gasteiger partial charge is 0.290 e. The summed E-state index contributed by atoms with van der Waals surface area (Å²) < 4.78 is 50.5. The fraction of sp³-hybridized carbons (Fsp3) is 0.200. The van der Waals surface area contributed by atoms with E-state index < -0.39 is 21.7 Å². The van der Waals surface area contributed by atoms with Gasteiger partial charge in [-0.05, 0) is 42.1 Å². The Morgan fingerprint density at radius 2 is 1.96 bits per heavy atom. The molecule has 10 heteroatoms. The van der Waals surface area contributed by atoms with Crippen LogP contribution in [-0.2, 0) is 10.0 Å². The Balaban J connectivity index is 2.28. The molecule has 0 saturated heterocycles. The number of amides is 1. The molecule has 25 heavy (non-hydrogen) atoms. The summed E-state index contributed by atoms with van der Waals surface area (Å²) in [7, 11) is -0.872. The van der Waals surface area contributed by atoms with Crippen molar-refractivity contribution in [3.63, 3.8) is 0 Å². The first-order valence-corrected chi connectivity index (χ1v) is 9.27. The van der Waals surface area contributed by atoms with E-state index in [4.69, 9.17) is 0 Å². The molecule has 0 aliphatic rings. The summed E-state index contributed by atoms with van der Waals surface area (Å²) in [6.45, 7) is 0. The Morgan fingerprint density at radius 3 is 2.60 bits per heavy atom. The molecular weight excluding hydrogens is 372 g/mol. The maximum absolute atomic E-state index is 12.6. The van der Waals surface area contributed by atoms with Crippen molar-refractivity contribution in [1.82, 2.24) is 9.29 Å². The van der Waals surface area contributed by atoms with Crippen molar-refractivity contribution in [2.45, 2.75) is 15.7 Å². The van der Waals surface area contributed by atoms with Gasteiger partial charge in [-0.1, -0.05) is 6.07 Å². The molecule has 0 aliphatic heterocycles. The van der Waals surface area contributed by atoms with Gasteiger partial charge in [0.2, 0.25) is 10.0 Å². The summed E-state index contributed by atoms with van der Waals surface area (Å²) in [5, 5.41) is 2.40. The van der Waals surface area contributed by atoms with Gasteiger partial charge in [0.25, 0.3) is 11.7 Å². The molecule has 0 spiro atoms. The van der Waals surface area contributed by atoms with Gasteiger partial charge in [-0.2, -0.15) is 8.78 Å². The third-order valence-corrected chi connectivity index (χ3v) is 5.62. The minimum atomic E-state index is -3.66. The summed E-state index contributed by atoms with van der Waals surface area (Å²) in [6.07, 6.45) is 1.31. The van der Waals surface area contributed by atoms with E-state index in [-0.39, 0.29) is 32.9 Å². The predicted octanol–water partition coefficient (Wildman–Crippen LogP) is 2.90. The van der Waals surface area contributed by atoms with Crippen LogP contribution in [0.25, 0.3) is 0 Å². The molecule has 0 aliphatic carbocycles. The van der Waals surface area contributed by atoms with Gasteiger partial charge in [0.15, 0.2) is 0 Å². The van der Waals surface area contributed by atoms with Gasteiger partial charge in [0.1, 0.15) is 5.03 Å². The predicted molar refractivity (Wildman–Crippen MR) is 91.4 cm³/mol. The number of nitrogens with zero attached hydrogens (tertiary/aromatic N) is 2. The van der Waals surface area contributed by atoms with Gasteiger partial charge < -0.3 is 5.32 Å². The maximum Gasteiger partial charge on any atom is 0.290 e. The molecular formula is C15H15F2N3O3S2. The van der Waals surface area contributed by atoms with Crippen molar-refractivity contribution in [2.75, 3.05) is 19.4 Å². The van der Waals surface area contributed by atoms with Crippen molar-refractivity contribution in [2.24, 2.45) is 0 Å². The number of rotatable bonds is 6. The van der Waals surface area contributed by atoms with Crippen LogP contribution in [0.1, 0.15) is 10.4 Å². The number of carbonyl (C=O) groups excluding carboxylic acids is 1. The van der Waals surface area contributed by atoms with Crippen molar-refractivity contribution in [3.8, 4) is 0 Å². The van der Waals surface area contributed by atoms with E-state index in [9.17, 15) is 22.0 Å². The molecule has 2 aromatic rings. The van der Waals surface area contributed by atoms with E-state index >= 15 is 0 Å². The number of aromatic nitrogens is 1. The lowest BCUT2D eigenvalue weighted by molar-refractivity contribution is 0.102. The summed E-state index contributed by atoms with van der Waals surface area (Å²) >= 11 is 0.167. The molecule has 0 radical (unpaired) electrons. The third-order valence-electron chi connectivity index (χ3n) is 3.09. The van der Waals surface area contributed by atoms with Crippen molar-refractivity contribution >= 4 is 33.4 Å². The van der Waals surface area contributed by atoms with Crippen LogP contribution in [0.5, 0.6) is 0 Å². The third kappa shape index (κ3) is 4.74. The zero-order valence-electron chi connectivity index (χ0n) is 13.3. The zero-order chi connectivity index (χ0) is 18.6. The lowest BCUT2D eigenvalue weighted by Crippen LogP contribution is -2.22. The molecule has 0 atom stereocenters. The van der Waals surface area contributed by atoms with Gasteiger partial charge >= 0.3 is 0 Å². The molecule has 1 amide bonds. The van der Waals surface area contributed by atoms with Crippen molar-refractivity contribution in [3.05, 3.63) is 48.2 Å². The Labute approximate surface area is 148 Å². The van der Waals surface area contributed by atoms with E-state index in [1.807, 2.05) is 0 Å². The van der Waals surface area contributed by atoms with E-state index in [1.54, 1.807) is 0 Å². The highest BCUT2D eigenvalue weighted by Crippen LogP contribution is 2.27. The molecule has 134 valence electrons. The second-order valence-corrected chi connectivity index (χ2v) is 8.13. The number of nitrogens with one attached hydrogen (secondary N) is 1. The number of carbonyl (C=O) groups is 1. The second-order valence-electron chi connectivity index (χ2n) is 5.00. The fourth-order valence-corrected chi connectivity index (χ4v) is 3.41. The van der Waals surface area contributed by atoms with Crippen molar-refractivity contribution in [1.29, 1.82) is 0 Å². The minimum absolute atomic E-state index is 0.00339.